The van der Waals surface area contributed by atoms with Gasteiger partial charge in [0.05, 0.1) is 21.9 Å². The van der Waals surface area contributed by atoms with Crippen molar-refractivity contribution < 1.29 is 9.59 Å². The fourth-order valence-corrected chi connectivity index (χ4v) is 4.87. The van der Waals surface area contributed by atoms with Crippen molar-refractivity contribution >= 4 is 57.1 Å². The normalized spacial score (nSPS) is 18.9. The number of carbonyl (C=O) groups is 2. The fraction of sp³-hybridized carbons (Fsp3) is 0.136. The number of nitrogens with zero attached hydrogens (tertiary/aromatic N) is 2. The van der Waals surface area contributed by atoms with Crippen LogP contribution in [0.1, 0.15) is 16.7 Å². The predicted molar refractivity (Wildman–Crippen MR) is 120 cm³/mol. The van der Waals surface area contributed by atoms with E-state index in [4.69, 9.17) is 12.2 Å². The summed E-state index contributed by atoms with van der Waals surface area (Å²) in [5.41, 5.74) is 4.81. The predicted octanol–water partition coefficient (Wildman–Crippen LogP) is 4.61. The molecule has 1 saturated heterocycles. The Labute approximate surface area is 173 Å². The van der Waals surface area contributed by atoms with E-state index < -0.39 is 0 Å². The minimum absolute atomic E-state index is 0.192. The smallest absolute Gasteiger partial charge is 0.271 e. The van der Waals surface area contributed by atoms with E-state index in [9.17, 15) is 9.59 Å². The van der Waals surface area contributed by atoms with Gasteiger partial charge < -0.3 is 4.90 Å². The molecule has 2 aliphatic rings. The summed E-state index contributed by atoms with van der Waals surface area (Å²) in [6.07, 6.45) is 1.68. The highest BCUT2D eigenvalue weighted by Crippen LogP contribution is 2.45. The number of anilines is 2. The second kappa shape index (κ2) is 7.04. The number of fused-ring (bicyclic) bond motifs is 1. The average molecular weight is 407 g/mol. The Balaban J connectivity index is 1.86. The molecule has 140 valence electrons. The third-order valence-corrected chi connectivity index (χ3v) is 6.42. The standard InChI is InChI=1S/C22H18N2O2S2/c1-4-12-23-17-10-6-5-9-15(17)18(20(23)25)19-21(26)24(22(27)28-19)16-11-7-8-13(2)14(16)3/h4-11H,1,12H2,2-3H3/b19-18-. The molecule has 2 aromatic rings. The van der Waals surface area contributed by atoms with Gasteiger partial charge in [0.1, 0.15) is 0 Å². The summed E-state index contributed by atoms with van der Waals surface area (Å²) in [7, 11) is 0. The van der Waals surface area contributed by atoms with E-state index in [0.717, 1.165) is 28.1 Å². The molecular formula is C22H18N2O2S2. The average Bonchev–Trinajstić information content (AvgIpc) is 3.11. The highest BCUT2D eigenvalue weighted by molar-refractivity contribution is 8.27. The molecule has 28 heavy (non-hydrogen) atoms. The number of rotatable bonds is 3. The summed E-state index contributed by atoms with van der Waals surface area (Å²) in [4.78, 5) is 30.1. The second-order valence-corrected chi connectivity index (χ2v) is 8.30. The molecule has 2 aliphatic heterocycles. The maximum absolute atomic E-state index is 13.4. The molecule has 6 heteroatoms. The zero-order valence-electron chi connectivity index (χ0n) is 15.6. The van der Waals surface area contributed by atoms with Gasteiger partial charge in [0.15, 0.2) is 4.32 Å². The molecule has 1 fully saturated rings. The Morgan fingerprint density at radius 3 is 2.50 bits per heavy atom. The maximum Gasteiger partial charge on any atom is 0.271 e. The van der Waals surface area contributed by atoms with Crippen molar-refractivity contribution in [3.63, 3.8) is 0 Å². The molecule has 0 atom stereocenters. The summed E-state index contributed by atoms with van der Waals surface area (Å²) in [5.74, 6) is -0.440. The second-order valence-electron chi connectivity index (χ2n) is 6.65. The van der Waals surface area contributed by atoms with Crippen LogP contribution in [0, 0.1) is 13.8 Å². The summed E-state index contributed by atoms with van der Waals surface area (Å²) in [6.45, 7) is 8.09. The Morgan fingerprint density at radius 2 is 1.75 bits per heavy atom. The maximum atomic E-state index is 13.4. The quantitative estimate of drug-likeness (QED) is 0.424. The zero-order valence-corrected chi connectivity index (χ0v) is 17.2. The molecule has 0 N–H and O–H groups in total. The molecule has 0 aliphatic carbocycles. The highest BCUT2D eigenvalue weighted by Gasteiger charge is 2.42. The Kier molecular flexibility index (Phi) is 4.69. The van der Waals surface area contributed by atoms with E-state index in [0.29, 0.717) is 21.3 Å². The van der Waals surface area contributed by atoms with Gasteiger partial charge in [-0.2, -0.15) is 0 Å². The number of hydrogen-bond donors (Lipinski definition) is 0. The Hall–Kier alpha value is -2.70. The third kappa shape index (κ3) is 2.72. The van der Waals surface area contributed by atoms with Crippen LogP contribution in [-0.4, -0.2) is 22.7 Å². The first-order valence-corrected chi connectivity index (χ1v) is 10.1. The van der Waals surface area contributed by atoms with E-state index in [-0.39, 0.29) is 11.8 Å². The molecule has 0 spiro atoms. The summed E-state index contributed by atoms with van der Waals surface area (Å²) >= 11 is 6.72. The van der Waals surface area contributed by atoms with Gasteiger partial charge in [-0.25, -0.2) is 0 Å². The highest BCUT2D eigenvalue weighted by atomic mass is 32.2. The molecule has 4 rings (SSSR count). The van der Waals surface area contributed by atoms with Gasteiger partial charge in [-0.05, 0) is 37.1 Å². The van der Waals surface area contributed by atoms with Gasteiger partial charge in [0, 0.05) is 12.1 Å². The lowest BCUT2D eigenvalue weighted by molar-refractivity contribution is -0.115. The van der Waals surface area contributed by atoms with E-state index in [1.165, 1.54) is 16.7 Å². The minimum Gasteiger partial charge on any atom is -0.304 e. The SMILES string of the molecule is C=CCN1C(=O)/C(=C2\SC(=S)N(c3cccc(C)c3C)C2=O)c2ccccc21. The van der Waals surface area contributed by atoms with Gasteiger partial charge >= 0.3 is 0 Å². The van der Waals surface area contributed by atoms with Crippen LogP contribution in [0.25, 0.3) is 5.57 Å². The summed E-state index contributed by atoms with van der Waals surface area (Å²) < 4.78 is 0.439. The van der Waals surface area contributed by atoms with Crippen molar-refractivity contribution in [1.82, 2.24) is 0 Å². The molecule has 0 unspecified atom stereocenters. The molecule has 4 nitrogen and oxygen atoms in total. The number of benzene rings is 2. The Morgan fingerprint density at radius 1 is 1.04 bits per heavy atom. The topological polar surface area (TPSA) is 40.6 Å². The van der Waals surface area contributed by atoms with Crippen molar-refractivity contribution in [3.8, 4) is 0 Å². The van der Waals surface area contributed by atoms with Crippen LogP contribution in [0.3, 0.4) is 0 Å². The fourth-order valence-electron chi connectivity index (χ4n) is 3.51. The van der Waals surface area contributed by atoms with Crippen molar-refractivity contribution in [1.29, 1.82) is 0 Å². The number of amides is 2. The van der Waals surface area contributed by atoms with Gasteiger partial charge in [0.25, 0.3) is 11.8 Å². The molecule has 2 heterocycles. The number of thiocarbonyl (C=S) groups is 1. The molecule has 2 aromatic carbocycles. The molecule has 0 aromatic heterocycles. The van der Waals surface area contributed by atoms with Gasteiger partial charge in [0.2, 0.25) is 0 Å². The first-order valence-electron chi connectivity index (χ1n) is 8.84. The lowest BCUT2D eigenvalue weighted by atomic mass is 10.1. The number of carbonyl (C=O) groups excluding carboxylic acids is 2. The largest absolute Gasteiger partial charge is 0.304 e. The van der Waals surface area contributed by atoms with Crippen LogP contribution in [0.2, 0.25) is 0 Å². The van der Waals surface area contributed by atoms with Crippen LogP contribution in [0.4, 0.5) is 11.4 Å². The third-order valence-electron chi connectivity index (χ3n) is 5.05. The van der Waals surface area contributed by atoms with Crippen molar-refractivity contribution in [2.45, 2.75) is 13.8 Å². The summed E-state index contributed by atoms with van der Waals surface area (Å²) in [6, 6.07) is 13.3. The lowest BCUT2D eigenvalue weighted by Crippen LogP contribution is -2.30. The van der Waals surface area contributed by atoms with Gasteiger partial charge in [-0.1, -0.05) is 60.4 Å². The first kappa shape index (κ1) is 18.7. The van der Waals surface area contributed by atoms with Crippen molar-refractivity contribution in [3.05, 3.63) is 76.7 Å². The first-order chi connectivity index (χ1) is 13.5. The zero-order chi connectivity index (χ0) is 20.0. The van der Waals surface area contributed by atoms with E-state index in [1.807, 2.05) is 56.3 Å². The monoisotopic (exact) mass is 406 g/mol. The molecule has 0 bridgehead atoms. The van der Waals surface area contributed by atoms with Crippen LogP contribution < -0.4 is 9.80 Å². The van der Waals surface area contributed by atoms with E-state index in [1.54, 1.807) is 11.0 Å². The van der Waals surface area contributed by atoms with Crippen LogP contribution in [0.15, 0.2) is 60.0 Å². The summed E-state index contributed by atoms with van der Waals surface area (Å²) in [5, 5.41) is 0. The number of para-hydroxylation sites is 1. The van der Waals surface area contributed by atoms with Crippen LogP contribution >= 0.6 is 24.0 Å². The van der Waals surface area contributed by atoms with E-state index >= 15 is 0 Å². The van der Waals surface area contributed by atoms with Crippen molar-refractivity contribution in [2.75, 3.05) is 16.3 Å². The molecule has 0 saturated carbocycles. The van der Waals surface area contributed by atoms with Crippen LogP contribution in [-0.2, 0) is 9.59 Å². The van der Waals surface area contributed by atoms with E-state index in [2.05, 4.69) is 6.58 Å². The molecular weight excluding hydrogens is 388 g/mol. The number of thioether (sulfide) groups is 1. The number of aryl methyl sites for hydroxylation is 1. The van der Waals surface area contributed by atoms with Gasteiger partial charge in [-0.15, -0.1) is 6.58 Å². The lowest BCUT2D eigenvalue weighted by Gasteiger charge is -2.18. The minimum atomic E-state index is -0.248. The number of hydrogen-bond acceptors (Lipinski definition) is 4. The molecule has 0 radical (unpaired) electrons. The van der Waals surface area contributed by atoms with Crippen LogP contribution in [0.5, 0.6) is 0 Å². The Bertz CT molecular complexity index is 1090. The van der Waals surface area contributed by atoms with Crippen molar-refractivity contribution in [2.24, 2.45) is 0 Å². The molecule has 2 amide bonds. The van der Waals surface area contributed by atoms with Gasteiger partial charge in [-0.3, -0.25) is 14.5 Å².